The van der Waals surface area contributed by atoms with Gasteiger partial charge in [0.25, 0.3) is 5.91 Å². The Kier molecular flexibility index (Phi) is 10.9. The van der Waals surface area contributed by atoms with Crippen molar-refractivity contribution in [3.05, 3.63) is 58.1 Å². The molecule has 12 heteroatoms. The number of anilines is 1. The number of hydrogen-bond acceptors (Lipinski definition) is 5. The van der Waals surface area contributed by atoms with E-state index in [4.69, 9.17) is 4.74 Å². The Labute approximate surface area is 244 Å². The number of amides is 3. The lowest BCUT2D eigenvalue weighted by molar-refractivity contribution is -0.137. The second-order valence-corrected chi connectivity index (χ2v) is 12.6. The Hall–Kier alpha value is -2.73. The molecule has 1 saturated carbocycles. The smallest absolute Gasteiger partial charge is 0.416 e. The molecule has 1 fully saturated rings. The Bertz CT molecular complexity index is 1200. The average molecular weight is 645 g/mol. The molecule has 0 saturated heterocycles. The lowest BCUT2D eigenvalue weighted by atomic mass is 9.86. The minimum Gasteiger partial charge on any atom is -0.444 e. The molecule has 0 aliphatic heterocycles. The third-order valence-electron chi connectivity index (χ3n) is 6.17. The predicted molar refractivity (Wildman–Crippen MR) is 152 cm³/mol. The van der Waals surface area contributed by atoms with Crippen LogP contribution in [0.1, 0.15) is 62.4 Å². The maximum Gasteiger partial charge on any atom is 0.416 e. The standard InChI is InChI=1S/C28H33BrF3N3O4S/c1-27(2,3)39-26(38)35-23-13-8-18(28(30,31)32)14-21(23)25(37)33-15-24(36)34-22-7-5-4-6-17(22)16-40-20-11-9-19(29)10-12-20/h8-14,17,22H,4-7,15-16H2,1-3H3,(H,33,37)(H,34,36)(H,35,38)/t17-,22+/m1/s1. The molecule has 40 heavy (non-hydrogen) atoms. The molecule has 3 amide bonds. The number of thioether (sulfide) groups is 1. The molecular formula is C28H33BrF3N3O4S. The summed E-state index contributed by atoms with van der Waals surface area (Å²) in [5, 5.41) is 7.69. The van der Waals surface area contributed by atoms with Crippen LogP contribution in [0.3, 0.4) is 0 Å². The summed E-state index contributed by atoms with van der Waals surface area (Å²) >= 11 is 5.14. The van der Waals surface area contributed by atoms with E-state index in [2.05, 4.69) is 31.9 Å². The van der Waals surface area contributed by atoms with Crippen LogP contribution in [-0.2, 0) is 15.7 Å². The predicted octanol–water partition coefficient (Wildman–Crippen LogP) is 7.01. The zero-order valence-electron chi connectivity index (χ0n) is 22.5. The van der Waals surface area contributed by atoms with Crippen LogP contribution >= 0.6 is 27.7 Å². The van der Waals surface area contributed by atoms with Crippen LogP contribution in [0.4, 0.5) is 23.7 Å². The summed E-state index contributed by atoms with van der Waals surface area (Å²) in [6, 6.07) is 10.3. The summed E-state index contributed by atoms with van der Waals surface area (Å²) in [6.07, 6.45) is -1.82. The first-order chi connectivity index (χ1) is 18.7. The van der Waals surface area contributed by atoms with Gasteiger partial charge in [-0.25, -0.2) is 4.79 Å². The number of carbonyl (C=O) groups excluding carboxylic acids is 3. The highest BCUT2D eigenvalue weighted by molar-refractivity contribution is 9.10. The Morgan fingerprint density at radius 3 is 2.35 bits per heavy atom. The molecular weight excluding hydrogens is 611 g/mol. The second kappa shape index (κ2) is 13.8. The molecule has 0 heterocycles. The molecule has 2 atom stereocenters. The van der Waals surface area contributed by atoms with Crippen LogP contribution in [0, 0.1) is 5.92 Å². The van der Waals surface area contributed by atoms with Gasteiger partial charge in [-0.05, 0) is 82.0 Å². The molecule has 0 radical (unpaired) electrons. The zero-order chi connectivity index (χ0) is 29.5. The van der Waals surface area contributed by atoms with Crippen molar-refractivity contribution in [3.8, 4) is 0 Å². The third kappa shape index (κ3) is 10.0. The van der Waals surface area contributed by atoms with E-state index in [9.17, 15) is 27.6 Å². The van der Waals surface area contributed by atoms with E-state index in [-0.39, 0.29) is 17.6 Å². The number of ether oxygens (including phenoxy) is 1. The highest BCUT2D eigenvalue weighted by atomic mass is 79.9. The molecule has 3 rings (SSSR count). The summed E-state index contributed by atoms with van der Waals surface area (Å²) in [5.74, 6) is -0.302. The van der Waals surface area contributed by atoms with Gasteiger partial charge in [-0.15, -0.1) is 11.8 Å². The van der Waals surface area contributed by atoms with E-state index in [1.54, 1.807) is 32.5 Å². The molecule has 0 spiro atoms. The van der Waals surface area contributed by atoms with E-state index in [1.807, 2.05) is 24.3 Å². The van der Waals surface area contributed by atoms with Gasteiger partial charge in [-0.3, -0.25) is 14.9 Å². The number of halogens is 4. The van der Waals surface area contributed by atoms with Crippen molar-refractivity contribution in [2.24, 2.45) is 5.92 Å². The van der Waals surface area contributed by atoms with E-state index in [0.29, 0.717) is 6.07 Å². The van der Waals surface area contributed by atoms with Gasteiger partial charge in [-0.2, -0.15) is 13.2 Å². The Morgan fingerprint density at radius 2 is 1.70 bits per heavy atom. The minimum atomic E-state index is -4.71. The SMILES string of the molecule is CC(C)(C)OC(=O)Nc1ccc(C(F)(F)F)cc1C(=O)NCC(=O)N[C@H]1CCCC[C@@H]1CSc1ccc(Br)cc1. The fourth-order valence-corrected chi connectivity index (χ4v) is 5.67. The third-order valence-corrected chi connectivity index (χ3v) is 7.90. The fourth-order valence-electron chi connectivity index (χ4n) is 4.28. The summed E-state index contributed by atoms with van der Waals surface area (Å²) in [6.45, 7) is 4.45. The lowest BCUT2D eigenvalue weighted by Gasteiger charge is -2.32. The van der Waals surface area contributed by atoms with Crippen molar-refractivity contribution in [1.82, 2.24) is 10.6 Å². The number of hydrogen-bond donors (Lipinski definition) is 3. The largest absolute Gasteiger partial charge is 0.444 e. The highest BCUT2D eigenvalue weighted by Crippen LogP contribution is 2.33. The van der Waals surface area contributed by atoms with E-state index >= 15 is 0 Å². The average Bonchev–Trinajstić information content (AvgIpc) is 2.86. The van der Waals surface area contributed by atoms with Crippen molar-refractivity contribution in [1.29, 1.82) is 0 Å². The van der Waals surface area contributed by atoms with Crippen LogP contribution in [-0.4, -0.2) is 41.8 Å². The van der Waals surface area contributed by atoms with Gasteiger partial charge in [0.1, 0.15) is 5.60 Å². The Balaban J connectivity index is 1.63. The van der Waals surface area contributed by atoms with Crippen molar-refractivity contribution in [3.63, 3.8) is 0 Å². The van der Waals surface area contributed by atoms with Gasteiger partial charge in [0, 0.05) is 21.2 Å². The fraction of sp³-hybridized carbons (Fsp3) is 0.464. The van der Waals surface area contributed by atoms with Gasteiger partial charge >= 0.3 is 12.3 Å². The van der Waals surface area contributed by atoms with Gasteiger partial charge in [0.05, 0.1) is 23.4 Å². The zero-order valence-corrected chi connectivity index (χ0v) is 24.9. The summed E-state index contributed by atoms with van der Waals surface area (Å²) in [4.78, 5) is 39.0. The molecule has 2 aromatic carbocycles. The molecule has 1 aliphatic carbocycles. The van der Waals surface area contributed by atoms with Crippen molar-refractivity contribution >= 4 is 51.3 Å². The first kappa shape index (κ1) is 31.8. The first-order valence-electron chi connectivity index (χ1n) is 12.9. The molecule has 0 unspecified atom stereocenters. The molecule has 3 N–H and O–H groups in total. The molecule has 2 aromatic rings. The number of benzene rings is 2. The first-order valence-corrected chi connectivity index (χ1v) is 14.7. The van der Waals surface area contributed by atoms with Crippen LogP contribution in [0.25, 0.3) is 0 Å². The van der Waals surface area contributed by atoms with Gasteiger partial charge < -0.3 is 15.4 Å². The maximum absolute atomic E-state index is 13.3. The number of carbonyl (C=O) groups is 3. The van der Waals surface area contributed by atoms with Crippen LogP contribution < -0.4 is 16.0 Å². The number of alkyl halides is 3. The van der Waals surface area contributed by atoms with Crippen LogP contribution in [0.2, 0.25) is 0 Å². The normalized spacial score (nSPS) is 17.6. The second-order valence-electron chi connectivity index (χ2n) is 10.6. The summed E-state index contributed by atoms with van der Waals surface area (Å²) in [7, 11) is 0. The summed E-state index contributed by atoms with van der Waals surface area (Å²) < 4.78 is 46.2. The molecule has 7 nitrogen and oxygen atoms in total. The quantitative estimate of drug-likeness (QED) is 0.269. The van der Waals surface area contributed by atoms with Crippen LogP contribution in [0.5, 0.6) is 0 Å². The topological polar surface area (TPSA) is 96.5 Å². The number of nitrogens with one attached hydrogen (secondary N) is 3. The molecule has 1 aliphatic rings. The summed E-state index contributed by atoms with van der Waals surface area (Å²) in [5.41, 5.74) is -2.53. The Morgan fingerprint density at radius 1 is 1.02 bits per heavy atom. The van der Waals surface area contributed by atoms with E-state index in [1.165, 1.54) is 0 Å². The van der Waals surface area contributed by atoms with Gasteiger partial charge in [0.2, 0.25) is 5.91 Å². The van der Waals surface area contributed by atoms with Crippen molar-refractivity contribution < 1.29 is 32.3 Å². The van der Waals surface area contributed by atoms with Gasteiger partial charge in [-0.1, -0.05) is 28.8 Å². The van der Waals surface area contributed by atoms with Crippen molar-refractivity contribution in [2.75, 3.05) is 17.6 Å². The monoisotopic (exact) mass is 643 g/mol. The van der Waals surface area contributed by atoms with Crippen molar-refractivity contribution in [2.45, 2.75) is 69.2 Å². The lowest BCUT2D eigenvalue weighted by Crippen LogP contribution is -2.47. The van der Waals surface area contributed by atoms with Gasteiger partial charge in [0.15, 0.2) is 0 Å². The molecule has 218 valence electrons. The molecule has 0 bridgehead atoms. The molecule has 0 aromatic heterocycles. The minimum absolute atomic E-state index is 0.0703. The van der Waals surface area contributed by atoms with E-state index in [0.717, 1.165) is 52.9 Å². The highest BCUT2D eigenvalue weighted by Gasteiger charge is 2.32. The van der Waals surface area contributed by atoms with E-state index < -0.39 is 47.4 Å². The number of rotatable bonds is 8. The van der Waals surface area contributed by atoms with Crippen LogP contribution in [0.15, 0.2) is 51.8 Å². The maximum atomic E-state index is 13.3.